The Hall–Kier alpha value is -3.55. The van der Waals surface area contributed by atoms with E-state index in [0.29, 0.717) is 42.1 Å². The first-order valence-corrected chi connectivity index (χ1v) is 14.3. The second-order valence-electron chi connectivity index (χ2n) is 11.3. The van der Waals surface area contributed by atoms with Crippen LogP contribution in [-0.4, -0.2) is 40.5 Å². The molecule has 3 aromatic carbocycles. The Bertz CT molecular complexity index is 1350. The lowest BCUT2D eigenvalue weighted by molar-refractivity contribution is -0.135. The highest BCUT2D eigenvalue weighted by molar-refractivity contribution is 5.80. The number of rotatable bonds is 10. The molecule has 0 aliphatic carbocycles. The van der Waals surface area contributed by atoms with Crippen LogP contribution < -0.4 is 18.9 Å². The largest absolute Gasteiger partial charge is 0.493 e. The highest BCUT2D eigenvalue weighted by Crippen LogP contribution is 2.51. The zero-order chi connectivity index (χ0) is 29.1. The van der Waals surface area contributed by atoms with E-state index in [4.69, 9.17) is 28.4 Å². The summed E-state index contributed by atoms with van der Waals surface area (Å²) in [6, 6.07) is 19.8. The molecule has 7 heteroatoms. The van der Waals surface area contributed by atoms with Gasteiger partial charge in [-0.3, -0.25) is 4.79 Å². The Morgan fingerprint density at radius 3 is 1.76 bits per heavy atom. The van der Waals surface area contributed by atoms with Gasteiger partial charge in [-0.2, -0.15) is 0 Å². The van der Waals surface area contributed by atoms with Crippen molar-refractivity contribution in [3.8, 4) is 23.0 Å². The van der Waals surface area contributed by atoms with E-state index in [9.17, 15) is 4.79 Å². The van der Waals surface area contributed by atoms with Crippen LogP contribution in [0.15, 0.2) is 60.7 Å². The van der Waals surface area contributed by atoms with Crippen LogP contribution in [0.25, 0.3) is 0 Å². The minimum atomic E-state index is -0.422. The first-order valence-electron chi connectivity index (χ1n) is 14.3. The van der Waals surface area contributed by atoms with Gasteiger partial charge >= 0.3 is 5.97 Å². The van der Waals surface area contributed by atoms with Crippen molar-refractivity contribution in [1.82, 2.24) is 0 Å². The smallest absolute Gasteiger partial charge is 0.318 e. The summed E-state index contributed by atoms with van der Waals surface area (Å²) in [6.07, 6.45) is 0.724. The Morgan fingerprint density at radius 2 is 1.24 bits per heavy atom. The predicted molar refractivity (Wildman–Crippen MR) is 156 cm³/mol. The van der Waals surface area contributed by atoms with E-state index in [-0.39, 0.29) is 30.0 Å². The van der Waals surface area contributed by atoms with Gasteiger partial charge in [0.25, 0.3) is 0 Å². The highest BCUT2D eigenvalue weighted by atomic mass is 16.6. The number of ether oxygens (including phenoxy) is 6. The SMILES string of the molecule is COc1ccc([C@H]2OCC3C2CO[C@H]3c2ccc(OC)c(OC(=O)C(C)c3ccc(CC(C)C)cc3)c2)cc1OC. The molecule has 0 N–H and O–H groups in total. The van der Waals surface area contributed by atoms with E-state index in [2.05, 4.69) is 26.0 Å². The molecule has 3 aromatic rings. The normalized spacial score (nSPS) is 22.3. The van der Waals surface area contributed by atoms with Crippen molar-refractivity contribution < 1.29 is 33.2 Å². The maximum absolute atomic E-state index is 13.2. The van der Waals surface area contributed by atoms with Gasteiger partial charge in [0.15, 0.2) is 23.0 Å². The quantitative estimate of drug-likeness (QED) is 0.202. The monoisotopic (exact) mass is 560 g/mol. The third kappa shape index (κ3) is 6.07. The fraction of sp³-hybridized carbons (Fsp3) is 0.441. The minimum absolute atomic E-state index is 0.104. The molecule has 5 rings (SSSR count). The number of carbonyl (C=O) groups is 1. The molecule has 2 fully saturated rings. The molecule has 2 aliphatic heterocycles. The first kappa shape index (κ1) is 29.0. The molecular formula is C34H40O7. The van der Waals surface area contributed by atoms with Gasteiger partial charge in [-0.15, -0.1) is 0 Å². The standard InChI is InChI=1S/C34H40O7/c1-20(2)15-22-7-9-23(10-8-22)21(3)34(35)41-31-17-25(12-14-29(31)37-5)33-27-19-39-32(26(27)18-40-33)24-11-13-28(36-4)30(16-24)38-6/h7-14,16-17,20-21,26-27,32-33H,15,18-19H2,1-6H3/t21?,26?,27?,32-,33+/m1/s1. The van der Waals surface area contributed by atoms with Crippen LogP contribution in [0.4, 0.5) is 0 Å². The lowest BCUT2D eigenvalue weighted by Crippen LogP contribution is -2.17. The third-order valence-electron chi connectivity index (χ3n) is 8.20. The van der Waals surface area contributed by atoms with Gasteiger partial charge in [-0.1, -0.05) is 50.2 Å². The molecule has 2 aliphatic rings. The summed E-state index contributed by atoms with van der Waals surface area (Å²) in [5.74, 6) is 2.42. The van der Waals surface area contributed by atoms with Crippen molar-refractivity contribution in [2.75, 3.05) is 34.5 Å². The molecule has 7 nitrogen and oxygen atoms in total. The van der Waals surface area contributed by atoms with Gasteiger partial charge in [0.2, 0.25) is 0 Å². The van der Waals surface area contributed by atoms with Gasteiger partial charge in [0.1, 0.15) is 0 Å². The molecule has 0 spiro atoms. The maximum Gasteiger partial charge on any atom is 0.318 e. The van der Waals surface area contributed by atoms with Crippen molar-refractivity contribution in [1.29, 1.82) is 0 Å². The number of esters is 1. The molecule has 0 amide bonds. The fourth-order valence-electron chi connectivity index (χ4n) is 5.96. The lowest BCUT2D eigenvalue weighted by Gasteiger charge is -2.19. The number of hydrogen-bond acceptors (Lipinski definition) is 7. The van der Waals surface area contributed by atoms with Crippen LogP contribution in [0.1, 0.15) is 61.2 Å². The topological polar surface area (TPSA) is 72.5 Å². The molecule has 41 heavy (non-hydrogen) atoms. The van der Waals surface area contributed by atoms with Crippen LogP contribution in [-0.2, 0) is 20.7 Å². The zero-order valence-electron chi connectivity index (χ0n) is 24.7. The summed E-state index contributed by atoms with van der Waals surface area (Å²) in [7, 11) is 4.83. The maximum atomic E-state index is 13.2. The Morgan fingerprint density at radius 1 is 0.732 bits per heavy atom. The van der Waals surface area contributed by atoms with E-state index in [0.717, 1.165) is 23.1 Å². The van der Waals surface area contributed by atoms with Crippen LogP contribution in [0, 0.1) is 17.8 Å². The summed E-state index contributed by atoms with van der Waals surface area (Å²) >= 11 is 0. The fourth-order valence-corrected chi connectivity index (χ4v) is 5.96. The Kier molecular flexibility index (Phi) is 8.85. The zero-order valence-corrected chi connectivity index (χ0v) is 24.7. The summed E-state index contributed by atoms with van der Waals surface area (Å²) in [4.78, 5) is 13.2. The third-order valence-corrected chi connectivity index (χ3v) is 8.20. The number of methoxy groups -OCH3 is 3. The highest BCUT2D eigenvalue weighted by Gasteiger charge is 2.48. The van der Waals surface area contributed by atoms with Crippen molar-refractivity contribution >= 4 is 5.97 Å². The number of carbonyl (C=O) groups excluding carboxylic acids is 1. The van der Waals surface area contributed by atoms with Crippen LogP contribution in [0.5, 0.6) is 23.0 Å². The predicted octanol–water partition coefficient (Wildman–Crippen LogP) is 6.70. The second-order valence-corrected chi connectivity index (χ2v) is 11.3. The molecular weight excluding hydrogens is 520 g/mol. The van der Waals surface area contributed by atoms with Crippen molar-refractivity contribution in [3.05, 3.63) is 82.9 Å². The van der Waals surface area contributed by atoms with E-state index in [1.165, 1.54) is 5.56 Å². The van der Waals surface area contributed by atoms with Gasteiger partial charge in [0.05, 0.1) is 52.7 Å². The van der Waals surface area contributed by atoms with Crippen LogP contribution in [0.2, 0.25) is 0 Å². The first-order chi connectivity index (χ1) is 19.8. The summed E-state index contributed by atoms with van der Waals surface area (Å²) in [6.45, 7) is 7.40. The van der Waals surface area contributed by atoms with Crippen molar-refractivity contribution in [3.63, 3.8) is 0 Å². The average molecular weight is 561 g/mol. The molecule has 5 atom stereocenters. The molecule has 0 saturated carbocycles. The summed E-state index contributed by atoms with van der Waals surface area (Å²) in [5.41, 5.74) is 4.15. The van der Waals surface area contributed by atoms with E-state index < -0.39 is 5.92 Å². The summed E-state index contributed by atoms with van der Waals surface area (Å²) in [5, 5.41) is 0. The van der Waals surface area contributed by atoms with Gasteiger partial charge in [-0.05, 0) is 65.8 Å². The van der Waals surface area contributed by atoms with Crippen LogP contribution >= 0.6 is 0 Å². The molecule has 0 aromatic heterocycles. The molecule has 0 radical (unpaired) electrons. The van der Waals surface area contributed by atoms with Crippen molar-refractivity contribution in [2.45, 2.75) is 45.3 Å². The van der Waals surface area contributed by atoms with E-state index >= 15 is 0 Å². The minimum Gasteiger partial charge on any atom is -0.493 e. The molecule has 3 unspecified atom stereocenters. The number of benzene rings is 3. The molecule has 0 bridgehead atoms. The Balaban J connectivity index is 1.30. The van der Waals surface area contributed by atoms with Gasteiger partial charge in [0, 0.05) is 11.8 Å². The van der Waals surface area contributed by atoms with Crippen molar-refractivity contribution in [2.24, 2.45) is 17.8 Å². The Labute approximate surface area is 242 Å². The van der Waals surface area contributed by atoms with Gasteiger partial charge < -0.3 is 28.4 Å². The lowest BCUT2D eigenvalue weighted by atomic mass is 9.85. The average Bonchev–Trinajstić information content (AvgIpc) is 3.59. The summed E-state index contributed by atoms with van der Waals surface area (Å²) < 4.78 is 35.0. The number of fused-ring (bicyclic) bond motifs is 1. The molecule has 218 valence electrons. The second kappa shape index (κ2) is 12.5. The van der Waals surface area contributed by atoms with E-state index in [1.807, 2.05) is 55.5 Å². The molecule has 2 heterocycles. The van der Waals surface area contributed by atoms with Crippen LogP contribution in [0.3, 0.4) is 0 Å². The molecule has 2 saturated heterocycles. The van der Waals surface area contributed by atoms with E-state index in [1.54, 1.807) is 21.3 Å². The number of hydrogen-bond donors (Lipinski definition) is 0. The van der Waals surface area contributed by atoms with Gasteiger partial charge in [-0.25, -0.2) is 0 Å².